The summed E-state index contributed by atoms with van der Waals surface area (Å²) in [5.41, 5.74) is 0. The molecule has 1 aromatic carbocycles. The Hall–Kier alpha value is -1.89. The number of hydrogen-bond acceptors (Lipinski definition) is 3. The maximum atomic E-state index is 14.2. The molecule has 2 amide bonds. The quantitative estimate of drug-likeness (QED) is 0.797. The van der Waals surface area contributed by atoms with Crippen molar-refractivity contribution >= 4 is 23.6 Å². The molecular formula is C17H19ClF2N2O3. The van der Waals surface area contributed by atoms with Crippen LogP contribution in [-0.2, 0) is 4.79 Å². The fourth-order valence-corrected chi connectivity index (χ4v) is 3.60. The van der Waals surface area contributed by atoms with E-state index in [1.54, 1.807) is 12.1 Å². The van der Waals surface area contributed by atoms with E-state index < -0.39 is 31.0 Å². The third kappa shape index (κ3) is 4.03. The molecule has 8 heteroatoms. The van der Waals surface area contributed by atoms with Crippen LogP contribution >= 0.6 is 11.6 Å². The summed E-state index contributed by atoms with van der Waals surface area (Å²) < 4.78 is 33.5. The second kappa shape index (κ2) is 6.78. The van der Waals surface area contributed by atoms with Gasteiger partial charge in [-0.1, -0.05) is 11.6 Å². The number of carbonyl (C=O) groups is 2. The summed E-state index contributed by atoms with van der Waals surface area (Å²) in [5.74, 6) is -2.98. The SMILES string of the molecule is CC1CCC(=O)N1[C@H]1CN(C(=O)Oc2ccc(Cl)cc2)CC(F)(F)C1. The molecule has 1 aromatic rings. The molecule has 0 saturated carbocycles. The number of carbonyl (C=O) groups excluding carboxylic acids is 2. The molecule has 2 heterocycles. The van der Waals surface area contributed by atoms with Gasteiger partial charge in [-0.25, -0.2) is 13.6 Å². The van der Waals surface area contributed by atoms with Gasteiger partial charge in [0.05, 0.1) is 12.6 Å². The summed E-state index contributed by atoms with van der Waals surface area (Å²) in [7, 11) is 0. The highest BCUT2D eigenvalue weighted by Gasteiger charge is 2.47. The molecular weight excluding hydrogens is 354 g/mol. The number of likely N-dealkylation sites (tertiary alicyclic amines) is 2. The second-order valence-corrected chi connectivity index (χ2v) is 7.04. The van der Waals surface area contributed by atoms with Gasteiger partial charge in [-0.3, -0.25) is 9.69 Å². The van der Waals surface area contributed by atoms with Crippen LogP contribution in [0.1, 0.15) is 26.2 Å². The van der Waals surface area contributed by atoms with Crippen LogP contribution in [0.15, 0.2) is 24.3 Å². The molecule has 3 rings (SSSR count). The largest absolute Gasteiger partial charge is 0.415 e. The maximum Gasteiger partial charge on any atom is 0.415 e. The van der Waals surface area contributed by atoms with Crippen molar-refractivity contribution in [3.05, 3.63) is 29.3 Å². The fourth-order valence-electron chi connectivity index (χ4n) is 3.48. The Morgan fingerprint density at radius 3 is 2.60 bits per heavy atom. The van der Waals surface area contributed by atoms with E-state index in [0.717, 1.165) is 4.90 Å². The van der Waals surface area contributed by atoms with Gasteiger partial charge in [0.1, 0.15) is 5.75 Å². The Kier molecular flexibility index (Phi) is 4.86. The monoisotopic (exact) mass is 372 g/mol. The third-order valence-corrected chi connectivity index (χ3v) is 4.85. The van der Waals surface area contributed by atoms with Gasteiger partial charge in [-0.15, -0.1) is 0 Å². The van der Waals surface area contributed by atoms with Crippen molar-refractivity contribution in [3.8, 4) is 5.75 Å². The zero-order valence-corrected chi connectivity index (χ0v) is 14.5. The molecule has 5 nitrogen and oxygen atoms in total. The maximum absolute atomic E-state index is 14.2. The van der Waals surface area contributed by atoms with E-state index in [1.165, 1.54) is 17.0 Å². The van der Waals surface area contributed by atoms with Crippen molar-refractivity contribution < 1.29 is 23.1 Å². The highest BCUT2D eigenvalue weighted by molar-refractivity contribution is 6.30. The molecule has 0 bridgehead atoms. The molecule has 0 N–H and O–H groups in total. The van der Waals surface area contributed by atoms with E-state index in [4.69, 9.17) is 16.3 Å². The summed E-state index contributed by atoms with van der Waals surface area (Å²) in [6, 6.07) is 5.27. The number of benzene rings is 1. The number of halogens is 3. The van der Waals surface area contributed by atoms with E-state index in [2.05, 4.69) is 0 Å². The van der Waals surface area contributed by atoms with Crippen molar-refractivity contribution in [2.45, 2.75) is 44.2 Å². The van der Waals surface area contributed by atoms with Crippen molar-refractivity contribution in [3.63, 3.8) is 0 Å². The lowest BCUT2D eigenvalue weighted by atomic mass is 10.0. The van der Waals surface area contributed by atoms with Gasteiger partial charge in [0.25, 0.3) is 5.92 Å². The van der Waals surface area contributed by atoms with Crippen LogP contribution in [0.3, 0.4) is 0 Å². The van der Waals surface area contributed by atoms with Crippen molar-refractivity contribution in [1.29, 1.82) is 0 Å². The Morgan fingerprint density at radius 1 is 1.32 bits per heavy atom. The fraction of sp³-hybridized carbons (Fsp3) is 0.529. The molecule has 2 aliphatic heterocycles. The van der Waals surface area contributed by atoms with Gasteiger partial charge in [0.2, 0.25) is 5.91 Å². The number of alkyl halides is 2. The standard InChI is InChI=1S/C17H19ClF2N2O3/c1-11-2-7-15(23)22(11)13-8-17(19,20)10-21(9-13)16(24)25-14-5-3-12(18)4-6-14/h3-6,11,13H,2,7-10H2,1H3/t11?,13-/m1/s1. The Balaban J connectivity index is 1.73. The molecule has 0 spiro atoms. The third-order valence-electron chi connectivity index (χ3n) is 4.60. The van der Waals surface area contributed by atoms with Crippen LogP contribution in [0.2, 0.25) is 5.02 Å². The molecule has 1 unspecified atom stereocenters. The minimum absolute atomic E-state index is 0.0398. The highest BCUT2D eigenvalue weighted by atomic mass is 35.5. The minimum Gasteiger partial charge on any atom is -0.410 e. The predicted octanol–water partition coefficient (Wildman–Crippen LogP) is 3.56. The summed E-state index contributed by atoms with van der Waals surface area (Å²) in [6.07, 6.45) is -0.284. The van der Waals surface area contributed by atoms with Crippen LogP contribution in [0.4, 0.5) is 13.6 Å². The Labute approximate surface area is 149 Å². The van der Waals surface area contributed by atoms with E-state index in [9.17, 15) is 18.4 Å². The smallest absolute Gasteiger partial charge is 0.410 e. The van der Waals surface area contributed by atoms with Crippen LogP contribution in [-0.4, -0.2) is 52.9 Å². The van der Waals surface area contributed by atoms with Crippen molar-refractivity contribution in [1.82, 2.24) is 9.80 Å². The van der Waals surface area contributed by atoms with E-state index in [0.29, 0.717) is 17.9 Å². The highest BCUT2D eigenvalue weighted by Crippen LogP contribution is 2.33. The summed E-state index contributed by atoms with van der Waals surface area (Å²) in [4.78, 5) is 26.8. The number of ether oxygens (including phenoxy) is 1. The first-order valence-corrected chi connectivity index (χ1v) is 8.54. The molecule has 2 atom stereocenters. The van der Waals surface area contributed by atoms with E-state index in [1.807, 2.05) is 6.92 Å². The van der Waals surface area contributed by atoms with E-state index >= 15 is 0 Å². The summed E-state index contributed by atoms with van der Waals surface area (Å²) in [6.45, 7) is 1.17. The van der Waals surface area contributed by atoms with Gasteiger partial charge in [-0.2, -0.15) is 0 Å². The Morgan fingerprint density at radius 2 is 2.00 bits per heavy atom. The predicted molar refractivity (Wildman–Crippen MR) is 87.9 cm³/mol. The number of piperidine rings is 1. The average molecular weight is 373 g/mol. The normalized spacial score (nSPS) is 26.0. The van der Waals surface area contributed by atoms with Crippen LogP contribution in [0.5, 0.6) is 5.75 Å². The lowest BCUT2D eigenvalue weighted by molar-refractivity contribution is -0.137. The minimum atomic E-state index is -3.06. The molecule has 2 fully saturated rings. The lowest BCUT2D eigenvalue weighted by Crippen LogP contribution is -2.58. The molecule has 2 aliphatic rings. The first kappa shape index (κ1) is 17.9. The molecule has 0 aliphatic carbocycles. The van der Waals surface area contributed by atoms with Gasteiger partial charge in [0.15, 0.2) is 0 Å². The van der Waals surface area contributed by atoms with Crippen LogP contribution in [0.25, 0.3) is 0 Å². The lowest BCUT2D eigenvalue weighted by Gasteiger charge is -2.42. The van der Waals surface area contributed by atoms with Crippen molar-refractivity contribution in [2.24, 2.45) is 0 Å². The number of rotatable bonds is 2. The summed E-state index contributed by atoms with van der Waals surface area (Å²) >= 11 is 5.77. The van der Waals surface area contributed by atoms with Gasteiger partial charge >= 0.3 is 6.09 Å². The molecule has 2 saturated heterocycles. The molecule has 136 valence electrons. The number of hydrogen-bond donors (Lipinski definition) is 0. The zero-order valence-electron chi connectivity index (χ0n) is 13.8. The van der Waals surface area contributed by atoms with Crippen molar-refractivity contribution in [2.75, 3.05) is 13.1 Å². The number of nitrogens with zero attached hydrogens (tertiary/aromatic N) is 2. The van der Waals surface area contributed by atoms with Crippen LogP contribution in [0, 0.1) is 0 Å². The van der Waals surface area contributed by atoms with E-state index in [-0.39, 0.29) is 24.2 Å². The molecule has 25 heavy (non-hydrogen) atoms. The average Bonchev–Trinajstić information content (AvgIpc) is 2.87. The topological polar surface area (TPSA) is 49.9 Å². The first-order chi connectivity index (χ1) is 11.7. The zero-order chi connectivity index (χ0) is 18.2. The van der Waals surface area contributed by atoms with Gasteiger partial charge in [-0.05, 0) is 37.6 Å². The number of amides is 2. The Bertz CT molecular complexity index is 668. The molecule has 0 aromatic heterocycles. The van der Waals surface area contributed by atoms with Gasteiger partial charge in [0, 0.05) is 30.5 Å². The van der Waals surface area contributed by atoms with Crippen LogP contribution < -0.4 is 4.74 Å². The second-order valence-electron chi connectivity index (χ2n) is 6.61. The molecule has 0 radical (unpaired) electrons. The summed E-state index contributed by atoms with van der Waals surface area (Å²) in [5, 5.41) is 0.478. The first-order valence-electron chi connectivity index (χ1n) is 8.16. The van der Waals surface area contributed by atoms with Gasteiger partial charge < -0.3 is 9.64 Å².